The maximum atomic E-state index is 14.4. The van der Waals surface area contributed by atoms with Crippen LogP contribution in [0.15, 0.2) is 30.6 Å². The molecule has 1 aromatic carbocycles. The molecule has 0 aliphatic carbocycles. The van der Waals surface area contributed by atoms with Gasteiger partial charge in [0.15, 0.2) is 11.6 Å². The van der Waals surface area contributed by atoms with Crippen molar-refractivity contribution >= 4 is 12.6 Å². The van der Waals surface area contributed by atoms with E-state index in [1.54, 1.807) is 6.20 Å². The molecular weight excluding hydrogens is 320 g/mol. The molecule has 132 valence electrons. The van der Waals surface area contributed by atoms with Crippen LogP contribution in [-0.4, -0.2) is 23.3 Å². The van der Waals surface area contributed by atoms with E-state index in [1.165, 1.54) is 18.3 Å². The van der Waals surface area contributed by atoms with Gasteiger partial charge in [-0.1, -0.05) is 6.07 Å². The van der Waals surface area contributed by atoms with E-state index in [-0.39, 0.29) is 11.3 Å². The molecule has 0 amide bonds. The van der Waals surface area contributed by atoms with E-state index in [1.807, 2.05) is 34.6 Å². The van der Waals surface area contributed by atoms with Gasteiger partial charge in [-0.2, -0.15) is 0 Å². The van der Waals surface area contributed by atoms with Gasteiger partial charge in [0.25, 0.3) is 0 Å². The van der Waals surface area contributed by atoms with Gasteiger partial charge >= 0.3 is 7.12 Å². The topological polar surface area (TPSA) is 40.6 Å². The molecule has 1 aromatic heterocycles. The van der Waals surface area contributed by atoms with Crippen molar-refractivity contribution in [3.63, 3.8) is 0 Å². The number of pyridine rings is 1. The van der Waals surface area contributed by atoms with Crippen LogP contribution in [0.25, 0.3) is 0 Å². The van der Waals surface area contributed by atoms with Crippen molar-refractivity contribution in [3.05, 3.63) is 47.5 Å². The second-order valence-electron chi connectivity index (χ2n) is 7.19. The van der Waals surface area contributed by atoms with Crippen molar-refractivity contribution in [3.8, 4) is 11.5 Å². The number of halogens is 1. The molecule has 2 aromatic rings. The Morgan fingerprint density at radius 1 is 1.12 bits per heavy atom. The van der Waals surface area contributed by atoms with Crippen LogP contribution in [0, 0.1) is 19.6 Å². The van der Waals surface area contributed by atoms with Crippen LogP contribution in [0.1, 0.15) is 42.9 Å². The number of benzene rings is 1. The summed E-state index contributed by atoms with van der Waals surface area (Å²) in [4.78, 5) is 4.17. The van der Waals surface area contributed by atoms with Gasteiger partial charge < -0.3 is 14.0 Å². The molecule has 0 N–H and O–H groups in total. The molecule has 0 atom stereocenters. The van der Waals surface area contributed by atoms with Crippen LogP contribution in [0.4, 0.5) is 4.39 Å². The lowest BCUT2D eigenvalue weighted by molar-refractivity contribution is 0.00578. The maximum Gasteiger partial charge on any atom is 0.496 e. The molecule has 0 saturated carbocycles. The zero-order chi connectivity index (χ0) is 20.9. The Labute approximate surface area is 152 Å². The van der Waals surface area contributed by atoms with E-state index in [4.69, 9.17) is 18.2 Å². The Kier molecular flexibility index (Phi) is 3.49. The van der Waals surface area contributed by atoms with Gasteiger partial charge in [0.1, 0.15) is 5.75 Å². The first kappa shape index (κ1) is 14.3. The number of rotatable bonds is 3. The van der Waals surface area contributed by atoms with Gasteiger partial charge in [-0.3, -0.25) is 4.98 Å². The summed E-state index contributed by atoms with van der Waals surface area (Å²) in [5.41, 5.74) is 0.303. The fourth-order valence-electron chi connectivity index (χ4n) is 2.53. The third-order valence-electron chi connectivity index (χ3n) is 4.87. The average Bonchev–Trinajstić information content (AvgIpc) is 2.78. The molecule has 3 rings (SSSR count). The fourth-order valence-corrected chi connectivity index (χ4v) is 2.53. The molecular formula is C19H23BFNO3. The van der Waals surface area contributed by atoms with Crippen LogP contribution >= 0.6 is 0 Å². The molecule has 1 saturated heterocycles. The maximum absolute atomic E-state index is 14.4. The Hall–Kier alpha value is -1.92. The second-order valence-corrected chi connectivity index (χ2v) is 7.19. The Morgan fingerprint density at radius 3 is 2.40 bits per heavy atom. The van der Waals surface area contributed by atoms with Gasteiger partial charge in [0.2, 0.25) is 0 Å². The first-order chi connectivity index (χ1) is 12.8. The number of ether oxygens (including phenoxy) is 1. The Bertz CT molecular complexity index is 886. The van der Waals surface area contributed by atoms with Gasteiger partial charge in [0.05, 0.1) is 17.4 Å². The van der Waals surface area contributed by atoms with Crippen LogP contribution < -0.4 is 10.2 Å². The quantitative estimate of drug-likeness (QED) is 0.790. The van der Waals surface area contributed by atoms with E-state index in [0.29, 0.717) is 16.8 Å². The molecule has 1 aliphatic heterocycles. The first-order valence-electron chi connectivity index (χ1n) is 9.60. The molecule has 0 unspecified atom stereocenters. The van der Waals surface area contributed by atoms with Crippen molar-refractivity contribution in [2.75, 3.05) is 0 Å². The lowest BCUT2D eigenvalue weighted by atomic mass is 9.77. The van der Waals surface area contributed by atoms with Crippen molar-refractivity contribution < 1.29 is 22.5 Å². The highest BCUT2D eigenvalue weighted by Crippen LogP contribution is 2.37. The molecule has 25 heavy (non-hydrogen) atoms. The van der Waals surface area contributed by atoms with Gasteiger partial charge in [-0.25, -0.2) is 4.39 Å². The fraction of sp³-hybridized carbons (Fsp3) is 0.421. The highest BCUT2D eigenvalue weighted by Gasteiger charge is 2.52. The van der Waals surface area contributed by atoms with E-state index < -0.39 is 31.0 Å². The molecule has 0 radical (unpaired) electrons. The number of aryl methyl sites for hydroxylation is 1. The number of hydrogen-bond donors (Lipinski definition) is 0. The molecule has 1 aliphatic rings. The summed E-state index contributed by atoms with van der Waals surface area (Å²) in [7, 11) is -0.621. The Balaban J connectivity index is 1.89. The molecule has 4 nitrogen and oxygen atoms in total. The summed E-state index contributed by atoms with van der Waals surface area (Å²) in [5, 5.41) is 0. The van der Waals surface area contributed by atoms with Crippen molar-refractivity contribution in [2.24, 2.45) is 0 Å². The molecule has 0 spiro atoms. The summed E-state index contributed by atoms with van der Waals surface area (Å²) in [6.45, 7) is 7.26. The lowest BCUT2D eigenvalue weighted by Crippen LogP contribution is -2.41. The molecule has 6 heteroatoms. The third-order valence-corrected chi connectivity index (χ3v) is 4.87. The minimum atomic E-state index is -2.38. The predicted molar refractivity (Wildman–Crippen MR) is 95.9 cm³/mol. The van der Waals surface area contributed by atoms with Crippen molar-refractivity contribution in [2.45, 2.75) is 52.7 Å². The summed E-state index contributed by atoms with van der Waals surface area (Å²) >= 11 is 0. The minimum Gasteiger partial charge on any atom is -0.452 e. The zero-order valence-electron chi connectivity index (χ0n) is 18.0. The molecule has 0 bridgehead atoms. The van der Waals surface area contributed by atoms with Crippen LogP contribution in [0.3, 0.4) is 0 Å². The molecule has 1 fully saturated rings. The normalized spacial score (nSPS) is 20.7. The van der Waals surface area contributed by atoms with Crippen LogP contribution in [0.2, 0.25) is 0 Å². The van der Waals surface area contributed by atoms with Crippen molar-refractivity contribution in [1.29, 1.82) is 0 Å². The highest BCUT2D eigenvalue weighted by atomic mass is 19.1. The van der Waals surface area contributed by atoms with Gasteiger partial charge in [-0.15, -0.1) is 0 Å². The number of nitrogens with zero attached hydrogens (tertiary/aromatic N) is 1. The SMILES string of the molecule is [2H]C([2H])([2H])c1ccc(Oc2cncc(B3OC(C)(C)C(C)(C)O3)c2C)c(F)c1. The molecule has 2 heterocycles. The summed E-state index contributed by atoms with van der Waals surface area (Å²) in [5.74, 6) is -0.495. The van der Waals surface area contributed by atoms with Crippen LogP contribution in [0.5, 0.6) is 11.5 Å². The monoisotopic (exact) mass is 346 g/mol. The minimum absolute atomic E-state index is 0.0797. The average molecular weight is 346 g/mol. The van der Waals surface area contributed by atoms with Gasteiger partial charge in [-0.05, 0) is 64.7 Å². The largest absolute Gasteiger partial charge is 0.496 e. The number of hydrogen-bond acceptors (Lipinski definition) is 4. The standard InChI is InChI=1S/C19H23BFNO3/c1-12-7-8-16(15(21)9-12)23-17-11-22-10-14(13(17)2)20-24-18(3,4)19(5,6)25-20/h7-11H,1-6H3/i1D3. The summed E-state index contributed by atoms with van der Waals surface area (Å²) in [6, 6.07) is 3.59. The number of aromatic nitrogens is 1. The second kappa shape index (κ2) is 6.11. The first-order valence-corrected chi connectivity index (χ1v) is 8.10. The summed E-state index contributed by atoms with van der Waals surface area (Å²) < 4.78 is 54.3. The van der Waals surface area contributed by atoms with Crippen molar-refractivity contribution in [1.82, 2.24) is 4.98 Å². The summed E-state index contributed by atoms with van der Waals surface area (Å²) in [6.07, 6.45) is 3.11. The Morgan fingerprint density at radius 2 is 1.80 bits per heavy atom. The van der Waals surface area contributed by atoms with E-state index >= 15 is 0 Å². The zero-order valence-corrected chi connectivity index (χ0v) is 15.0. The predicted octanol–water partition coefficient (Wildman–Crippen LogP) is 3.93. The van der Waals surface area contributed by atoms with Gasteiger partial charge in [0, 0.05) is 15.8 Å². The smallest absolute Gasteiger partial charge is 0.452 e. The van der Waals surface area contributed by atoms with E-state index in [0.717, 1.165) is 6.07 Å². The van der Waals surface area contributed by atoms with Crippen LogP contribution in [-0.2, 0) is 9.31 Å². The third kappa shape index (κ3) is 3.28. The highest BCUT2D eigenvalue weighted by molar-refractivity contribution is 6.62. The lowest BCUT2D eigenvalue weighted by Gasteiger charge is -2.32. The van der Waals surface area contributed by atoms with E-state index in [2.05, 4.69) is 4.98 Å². The van der Waals surface area contributed by atoms with E-state index in [9.17, 15) is 4.39 Å².